The fraction of sp³-hybridized carbons (Fsp3) is 0.429. The van der Waals surface area contributed by atoms with Gasteiger partial charge in [-0.15, -0.1) is 0 Å². The van der Waals surface area contributed by atoms with Gasteiger partial charge in [-0.2, -0.15) is 16.9 Å². The molecular formula is C14H17N3O2S. The second-order valence-corrected chi connectivity index (χ2v) is 6.08. The van der Waals surface area contributed by atoms with Gasteiger partial charge in [-0.1, -0.05) is 0 Å². The first kappa shape index (κ1) is 13.3. The second kappa shape index (κ2) is 5.36. The summed E-state index contributed by atoms with van der Waals surface area (Å²) in [6, 6.07) is 1.84. The van der Waals surface area contributed by atoms with Gasteiger partial charge < -0.3 is 9.32 Å². The monoisotopic (exact) mass is 291 g/mol. The third-order valence-corrected chi connectivity index (χ3v) is 4.61. The molecule has 20 heavy (non-hydrogen) atoms. The van der Waals surface area contributed by atoms with Gasteiger partial charge in [0.05, 0.1) is 24.1 Å². The Morgan fingerprint density at radius 1 is 1.55 bits per heavy atom. The van der Waals surface area contributed by atoms with E-state index in [0.717, 1.165) is 23.6 Å². The summed E-state index contributed by atoms with van der Waals surface area (Å²) >= 11 is 1.88. The van der Waals surface area contributed by atoms with Gasteiger partial charge in [0.2, 0.25) is 0 Å². The van der Waals surface area contributed by atoms with Gasteiger partial charge >= 0.3 is 0 Å². The first-order valence-electron chi connectivity index (χ1n) is 6.58. The number of furan rings is 1. The number of carbonyl (C=O) groups is 1. The average Bonchev–Trinajstić information content (AvgIpc) is 3.07. The zero-order chi connectivity index (χ0) is 14.1. The van der Waals surface area contributed by atoms with E-state index in [1.54, 1.807) is 17.0 Å². The minimum absolute atomic E-state index is 0.0467. The topological polar surface area (TPSA) is 51.3 Å². The molecule has 3 rings (SSSR count). The minimum Gasteiger partial charge on any atom is -0.469 e. The molecule has 1 atom stereocenters. The fourth-order valence-corrected chi connectivity index (χ4v) is 3.58. The Morgan fingerprint density at radius 2 is 2.40 bits per heavy atom. The van der Waals surface area contributed by atoms with Crippen molar-refractivity contribution in [3.8, 4) is 0 Å². The van der Waals surface area contributed by atoms with Gasteiger partial charge in [-0.25, -0.2) is 0 Å². The molecule has 2 aromatic heterocycles. The molecule has 0 aromatic carbocycles. The first-order valence-corrected chi connectivity index (χ1v) is 7.73. The normalized spacial score (nSPS) is 19.3. The number of rotatable bonds is 2. The highest BCUT2D eigenvalue weighted by Gasteiger charge is 2.31. The summed E-state index contributed by atoms with van der Waals surface area (Å²) in [6.45, 7) is 2.58. The molecule has 0 bridgehead atoms. The van der Waals surface area contributed by atoms with Crippen molar-refractivity contribution in [3.63, 3.8) is 0 Å². The van der Waals surface area contributed by atoms with Crippen molar-refractivity contribution in [3.05, 3.63) is 41.6 Å². The van der Waals surface area contributed by atoms with E-state index in [4.69, 9.17) is 4.42 Å². The van der Waals surface area contributed by atoms with E-state index in [1.807, 2.05) is 43.0 Å². The van der Waals surface area contributed by atoms with E-state index < -0.39 is 0 Å². The number of hydrogen-bond acceptors (Lipinski definition) is 4. The van der Waals surface area contributed by atoms with Gasteiger partial charge in [0, 0.05) is 36.9 Å². The molecule has 6 heteroatoms. The summed E-state index contributed by atoms with van der Waals surface area (Å²) in [7, 11) is 1.89. The average molecular weight is 291 g/mol. The minimum atomic E-state index is 0.0467. The van der Waals surface area contributed by atoms with Crippen LogP contribution in [0.5, 0.6) is 0 Å². The van der Waals surface area contributed by atoms with Gasteiger partial charge in [0.1, 0.15) is 5.76 Å². The summed E-state index contributed by atoms with van der Waals surface area (Å²) in [6.07, 6.45) is 5.40. The number of hydrogen-bond donors (Lipinski definition) is 0. The highest BCUT2D eigenvalue weighted by atomic mass is 32.2. The number of thioether (sulfide) groups is 1. The summed E-state index contributed by atoms with van der Waals surface area (Å²) in [5.41, 5.74) is 1.75. The Morgan fingerprint density at radius 3 is 3.05 bits per heavy atom. The van der Waals surface area contributed by atoms with Crippen LogP contribution in [-0.4, -0.2) is 38.6 Å². The van der Waals surface area contributed by atoms with Crippen LogP contribution in [0.4, 0.5) is 0 Å². The first-order chi connectivity index (χ1) is 9.66. The molecule has 0 spiro atoms. The van der Waals surface area contributed by atoms with Crippen LogP contribution in [0.15, 0.2) is 29.1 Å². The van der Waals surface area contributed by atoms with Crippen molar-refractivity contribution in [2.45, 2.75) is 13.0 Å². The number of aryl methyl sites for hydroxylation is 2. The van der Waals surface area contributed by atoms with Crippen molar-refractivity contribution < 1.29 is 9.21 Å². The van der Waals surface area contributed by atoms with E-state index >= 15 is 0 Å². The molecule has 2 aromatic rings. The van der Waals surface area contributed by atoms with E-state index in [1.165, 1.54) is 0 Å². The van der Waals surface area contributed by atoms with Gasteiger partial charge in [0.25, 0.3) is 5.91 Å². The Labute approximate surface area is 121 Å². The van der Waals surface area contributed by atoms with E-state index in [9.17, 15) is 4.79 Å². The predicted molar refractivity (Wildman–Crippen MR) is 77.8 cm³/mol. The molecule has 1 aliphatic rings. The zero-order valence-corrected chi connectivity index (χ0v) is 12.4. The number of amides is 1. The molecule has 3 heterocycles. The largest absolute Gasteiger partial charge is 0.469 e. The smallest absolute Gasteiger partial charge is 0.257 e. The molecule has 0 radical (unpaired) electrons. The number of aromatic nitrogens is 2. The third kappa shape index (κ3) is 2.35. The highest BCUT2D eigenvalue weighted by molar-refractivity contribution is 7.99. The van der Waals surface area contributed by atoms with E-state index in [0.29, 0.717) is 11.3 Å². The lowest BCUT2D eigenvalue weighted by molar-refractivity contribution is 0.0699. The van der Waals surface area contributed by atoms with Crippen molar-refractivity contribution in [2.24, 2.45) is 7.05 Å². The maximum atomic E-state index is 12.7. The molecule has 0 N–H and O–H groups in total. The molecule has 0 saturated carbocycles. The highest BCUT2D eigenvalue weighted by Crippen LogP contribution is 2.31. The van der Waals surface area contributed by atoms with Crippen LogP contribution in [-0.2, 0) is 7.05 Å². The molecule has 1 aliphatic heterocycles. The fourth-order valence-electron chi connectivity index (χ4n) is 2.50. The second-order valence-electron chi connectivity index (χ2n) is 4.93. The van der Waals surface area contributed by atoms with Crippen molar-refractivity contribution >= 4 is 17.7 Å². The van der Waals surface area contributed by atoms with Crippen LogP contribution in [0.1, 0.15) is 27.7 Å². The van der Waals surface area contributed by atoms with E-state index in [2.05, 4.69) is 5.10 Å². The predicted octanol–water partition coefficient (Wildman–Crippen LogP) is 2.25. The maximum absolute atomic E-state index is 12.7. The summed E-state index contributed by atoms with van der Waals surface area (Å²) < 4.78 is 7.03. The summed E-state index contributed by atoms with van der Waals surface area (Å²) in [5, 5.41) is 4.22. The Hall–Kier alpha value is -1.69. The van der Waals surface area contributed by atoms with Crippen LogP contribution in [0, 0.1) is 6.92 Å². The van der Waals surface area contributed by atoms with E-state index in [-0.39, 0.29) is 11.9 Å². The Balaban J connectivity index is 1.89. The number of carbonyl (C=O) groups excluding carboxylic acids is 1. The Kier molecular flexibility index (Phi) is 3.56. The molecule has 1 amide bonds. The van der Waals surface area contributed by atoms with Gasteiger partial charge in [-0.05, 0) is 13.0 Å². The third-order valence-electron chi connectivity index (χ3n) is 3.59. The van der Waals surface area contributed by atoms with Crippen LogP contribution < -0.4 is 0 Å². The zero-order valence-electron chi connectivity index (χ0n) is 11.6. The van der Waals surface area contributed by atoms with Crippen LogP contribution >= 0.6 is 11.8 Å². The summed E-state index contributed by atoms with van der Waals surface area (Å²) in [4.78, 5) is 14.6. The Bertz CT molecular complexity index is 619. The lowest BCUT2D eigenvalue weighted by atomic mass is 10.1. The molecule has 5 nitrogen and oxygen atoms in total. The van der Waals surface area contributed by atoms with Crippen molar-refractivity contribution in [1.29, 1.82) is 0 Å². The molecule has 106 valence electrons. The lowest BCUT2D eigenvalue weighted by Gasteiger charge is -2.34. The molecule has 1 unspecified atom stereocenters. The SMILES string of the molecule is Cc1occc1C(=O)N1CCSCC1c1cnn(C)c1. The molecule has 1 fully saturated rings. The lowest BCUT2D eigenvalue weighted by Crippen LogP contribution is -2.40. The molecular weight excluding hydrogens is 274 g/mol. The van der Waals surface area contributed by atoms with Crippen LogP contribution in [0.3, 0.4) is 0 Å². The summed E-state index contributed by atoms with van der Waals surface area (Å²) in [5.74, 6) is 2.61. The van der Waals surface area contributed by atoms with Crippen molar-refractivity contribution in [2.75, 3.05) is 18.1 Å². The van der Waals surface area contributed by atoms with Crippen LogP contribution in [0.25, 0.3) is 0 Å². The molecule has 0 aliphatic carbocycles. The van der Waals surface area contributed by atoms with Gasteiger partial charge in [-0.3, -0.25) is 9.48 Å². The van der Waals surface area contributed by atoms with Crippen LogP contribution in [0.2, 0.25) is 0 Å². The number of nitrogens with zero attached hydrogens (tertiary/aromatic N) is 3. The van der Waals surface area contributed by atoms with Gasteiger partial charge in [0.15, 0.2) is 0 Å². The van der Waals surface area contributed by atoms with Crippen molar-refractivity contribution in [1.82, 2.24) is 14.7 Å². The molecule has 1 saturated heterocycles. The quantitative estimate of drug-likeness (QED) is 0.851. The standard InChI is InChI=1S/C14H17N3O2S/c1-10-12(3-5-19-10)14(18)17-4-6-20-9-13(17)11-7-15-16(2)8-11/h3,5,7-8,13H,4,6,9H2,1-2H3. The maximum Gasteiger partial charge on any atom is 0.257 e.